The fourth-order valence-electron chi connectivity index (χ4n) is 2.80. The molecule has 3 atom stereocenters. The summed E-state index contributed by atoms with van der Waals surface area (Å²) in [6, 6.07) is 0.757. The van der Waals surface area contributed by atoms with Crippen LogP contribution in [0.3, 0.4) is 0 Å². The van der Waals surface area contributed by atoms with E-state index in [0.717, 1.165) is 19.0 Å². The second-order valence-electron chi connectivity index (χ2n) is 4.74. The Labute approximate surface area is 80.9 Å². The van der Waals surface area contributed by atoms with Crippen molar-refractivity contribution in [2.24, 2.45) is 5.92 Å². The molecule has 2 rings (SSSR count). The van der Waals surface area contributed by atoms with Crippen LogP contribution in [0.1, 0.15) is 39.0 Å². The first-order valence-electron chi connectivity index (χ1n) is 5.69. The molecule has 76 valence electrons. The molecular weight excluding hydrogens is 162 g/mol. The minimum Gasteiger partial charge on any atom is -0.393 e. The zero-order valence-corrected chi connectivity index (χ0v) is 8.58. The third-order valence-electron chi connectivity index (χ3n) is 3.78. The molecule has 1 aliphatic heterocycles. The molecule has 13 heavy (non-hydrogen) atoms. The largest absolute Gasteiger partial charge is 0.393 e. The van der Waals surface area contributed by atoms with Crippen molar-refractivity contribution in [3.63, 3.8) is 0 Å². The van der Waals surface area contributed by atoms with Crippen molar-refractivity contribution < 1.29 is 5.11 Å². The molecule has 0 amide bonds. The molecule has 1 saturated carbocycles. The molecule has 2 nitrogen and oxygen atoms in total. The van der Waals surface area contributed by atoms with Gasteiger partial charge >= 0.3 is 0 Å². The number of nitrogens with zero attached hydrogens (tertiary/aromatic N) is 1. The van der Waals surface area contributed by atoms with E-state index in [9.17, 15) is 5.11 Å². The van der Waals surface area contributed by atoms with Gasteiger partial charge in [-0.05, 0) is 45.1 Å². The summed E-state index contributed by atoms with van der Waals surface area (Å²) in [5.41, 5.74) is 0. The van der Waals surface area contributed by atoms with E-state index >= 15 is 0 Å². The topological polar surface area (TPSA) is 23.5 Å². The Bertz CT molecular complexity index is 153. The molecule has 2 fully saturated rings. The van der Waals surface area contributed by atoms with Crippen molar-refractivity contribution in [1.29, 1.82) is 0 Å². The number of rotatable bonds is 2. The minimum absolute atomic E-state index is 0.00667. The Kier molecular flexibility index (Phi) is 2.89. The van der Waals surface area contributed by atoms with E-state index in [2.05, 4.69) is 11.8 Å². The van der Waals surface area contributed by atoms with Gasteiger partial charge in [-0.25, -0.2) is 0 Å². The maximum atomic E-state index is 9.71. The molecule has 0 aromatic rings. The summed E-state index contributed by atoms with van der Waals surface area (Å²) in [5.74, 6) is 0.570. The van der Waals surface area contributed by atoms with Gasteiger partial charge in [0.15, 0.2) is 0 Å². The molecule has 1 heterocycles. The van der Waals surface area contributed by atoms with E-state index in [1.807, 2.05) is 0 Å². The molecule has 0 bridgehead atoms. The fourth-order valence-corrected chi connectivity index (χ4v) is 2.80. The summed E-state index contributed by atoms with van der Waals surface area (Å²) in [6.45, 7) is 4.71. The quantitative estimate of drug-likeness (QED) is 0.703. The van der Waals surface area contributed by atoms with Crippen molar-refractivity contribution >= 4 is 0 Å². The zero-order valence-electron chi connectivity index (χ0n) is 8.58. The standard InChI is InChI=1S/C11H21NO/c1-9-4-3-7-12(9)8-10-5-2-6-11(10)13/h9-11,13H,2-8H2,1H3. The summed E-state index contributed by atoms with van der Waals surface area (Å²) < 4.78 is 0. The van der Waals surface area contributed by atoms with Crippen LogP contribution in [-0.2, 0) is 0 Å². The SMILES string of the molecule is CC1CCCN1CC1CCCC1O. The molecule has 0 spiro atoms. The van der Waals surface area contributed by atoms with Gasteiger partial charge in [-0.1, -0.05) is 6.42 Å². The van der Waals surface area contributed by atoms with Crippen LogP contribution >= 0.6 is 0 Å². The second-order valence-corrected chi connectivity index (χ2v) is 4.74. The van der Waals surface area contributed by atoms with Crippen LogP contribution in [0.2, 0.25) is 0 Å². The van der Waals surface area contributed by atoms with Crippen molar-refractivity contribution in [1.82, 2.24) is 4.90 Å². The molecule has 1 N–H and O–H groups in total. The highest BCUT2D eigenvalue weighted by Gasteiger charge is 2.30. The average Bonchev–Trinajstić information content (AvgIpc) is 2.65. The van der Waals surface area contributed by atoms with Crippen molar-refractivity contribution in [2.45, 2.75) is 51.2 Å². The summed E-state index contributed by atoms with van der Waals surface area (Å²) in [6.07, 6.45) is 6.20. The first kappa shape index (κ1) is 9.47. The van der Waals surface area contributed by atoms with E-state index in [0.29, 0.717) is 5.92 Å². The van der Waals surface area contributed by atoms with Crippen LogP contribution in [-0.4, -0.2) is 35.2 Å². The highest BCUT2D eigenvalue weighted by atomic mass is 16.3. The number of hydrogen-bond donors (Lipinski definition) is 1. The first-order valence-corrected chi connectivity index (χ1v) is 5.69. The lowest BCUT2D eigenvalue weighted by Gasteiger charge is -2.26. The van der Waals surface area contributed by atoms with Crippen LogP contribution in [0.25, 0.3) is 0 Å². The lowest BCUT2D eigenvalue weighted by Crippen LogP contribution is -2.34. The Morgan fingerprint density at radius 2 is 2.08 bits per heavy atom. The van der Waals surface area contributed by atoms with Crippen LogP contribution < -0.4 is 0 Å². The van der Waals surface area contributed by atoms with Crippen LogP contribution in [0, 0.1) is 5.92 Å². The molecule has 2 heteroatoms. The van der Waals surface area contributed by atoms with Gasteiger partial charge < -0.3 is 10.0 Å². The fraction of sp³-hybridized carbons (Fsp3) is 1.00. The Morgan fingerprint density at radius 3 is 2.62 bits per heavy atom. The predicted molar refractivity (Wildman–Crippen MR) is 53.6 cm³/mol. The van der Waals surface area contributed by atoms with E-state index in [-0.39, 0.29) is 6.10 Å². The smallest absolute Gasteiger partial charge is 0.0580 e. The zero-order chi connectivity index (χ0) is 9.26. The maximum absolute atomic E-state index is 9.71. The molecule has 0 radical (unpaired) electrons. The van der Waals surface area contributed by atoms with Gasteiger partial charge in [0.05, 0.1) is 6.10 Å². The van der Waals surface area contributed by atoms with E-state index < -0.39 is 0 Å². The average molecular weight is 183 g/mol. The summed E-state index contributed by atoms with van der Waals surface area (Å²) in [5, 5.41) is 9.71. The third kappa shape index (κ3) is 2.05. The number of aliphatic hydroxyl groups is 1. The van der Waals surface area contributed by atoms with Gasteiger partial charge in [0.1, 0.15) is 0 Å². The van der Waals surface area contributed by atoms with E-state index in [1.54, 1.807) is 0 Å². The van der Waals surface area contributed by atoms with Crippen molar-refractivity contribution in [2.75, 3.05) is 13.1 Å². The lowest BCUT2D eigenvalue weighted by atomic mass is 10.1. The van der Waals surface area contributed by atoms with Gasteiger partial charge in [-0.15, -0.1) is 0 Å². The van der Waals surface area contributed by atoms with Crippen molar-refractivity contribution in [3.8, 4) is 0 Å². The first-order chi connectivity index (χ1) is 6.27. The van der Waals surface area contributed by atoms with Gasteiger partial charge in [0.2, 0.25) is 0 Å². The summed E-state index contributed by atoms with van der Waals surface area (Å²) >= 11 is 0. The lowest BCUT2D eigenvalue weighted by molar-refractivity contribution is 0.100. The molecule has 0 aromatic carbocycles. The Morgan fingerprint density at radius 1 is 1.23 bits per heavy atom. The van der Waals surface area contributed by atoms with Crippen LogP contribution in [0.5, 0.6) is 0 Å². The molecule has 0 aromatic heterocycles. The molecular formula is C11H21NO. The third-order valence-corrected chi connectivity index (χ3v) is 3.78. The Hall–Kier alpha value is -0.0800. The second kappa shape index (κ2) is 3.97. The van der Waals surface area contributed by atoms with Crippen LogP contribution in [0.4, 0.5) is 0 Å². The number of aliphatic hydroxyl groups excluding tert-OH is 1. The van der Waals surface area contributed by atoms with Crippen LogP contribution in [0.15, 0.2) is 0 Å². The Balaban J connectivity index is 1.82. The maximum Gasteiger partial charge on any atom is 0.0580 e. The predicted octanol–water partition coefficient (Wildman–Crippen LogP) is 1.63. The highest BCUT2D eigenvalue weighted by molar-refractivity contribution is 4.83. The number of hydrogen-bond acceptors (Lipinski definition) is 2. The molecule has 1 aliphatic carbocycles. The van der Waals surface area contributed by atoms with Crippen molar-refractivity contribution in [3.05, 3.63) is 0 Å². The van der Waals surface area contributed by atoms with E-state index in [1.165, 1.54) is 32.2 Å². The molecule has 3 unspecified atom stereocenters. The van der Waals surface area contributed by atoms with Gasteiger partial charge in [0, 0.05) is 12.6 Å². The van der Waals surface area contributed by atoms with Gasteiger partial charge in [-0.3, -0.25) is 0 Å². The monoisotopic (exact) mass is 183 g/mol. The van der Waals surface area contributed by atoms with Gasteiger partial charge in [-0.2, -0.15) is 0 Å². The summed E-state index contributed by atoms with van der Waals surface area (Å²) in [4.78, 5) is 2.55. The highest BCUT2D eigenvalue weighted by Crippen LogP contribution is 2.28. The van der Waals surface area contributed by atoms with E-state index in [4.69, 9.17) is 0 Å². The molecule has 1 saturated heterocycles. The number of likely N-dealkylation sites (tertiary alicyclic amines) is 1. The minimum atomic E-state index is -0.00667. The molecule has 2 aliphatic rings. The summed E-state index contributed by atoms with van der Waals surface area (Å²) in [7, 11) is 0. The normalized spacial score (nSPS) is 41.5. The van der Waals surface area contributed by atoms with Gasteiger partial charge in [0.25, 0.3) is 0 Å².